The number of nitriles is 2. The average molecular weight is 638 g/mol. The maximum absolute atomic E-state index is 14.5. The molecule has 2 atom stereocenters. The molecule has 2 unspecified atom stereocenters. The van der Waals surface area contributed by atoms with Crippen molar-refractivity contribution in [3.05, 3.63) is 76.6 Å². The first-order valence-corrected chi connectivity index (χ1v) is 15.4. The van der Waals surface area contributed by atoms with Gasteiger partial charge in [-0.15, -0.1) is 10.2 Å². The summed E-state index contributed by atoms with van der Waals surface area (Å²) in [7, 11) is 1.78. The van der Waals surface area contributed by atoms with Crippen LogP contribution in [0, 0.1) is 34.5 Å². The molecular formula is C34H30F3N9O. The van der Waals surface area contributed by atoms with Gasteiger partial charge in [-0.05, 0) is 95.9 Å². The van der Waals surface area contributed by atoms with Gasteiger partial charge in [0.15, 0.2) is 5.82 Å². The Morgan fingerprint density at radius 1 is 1.06 bits per heavy atom. The largest absolute Gasteiger partial charge is 0.416 e. The normalized spacial score (nSPS) is 18.8. The van der Waals surface area contributed by atoms with Gasteiger partial charge in [0.25, 0.3) is 5.91 Å². The standard InChI is InChI=1S/C34H30F3N9O/c1-44-19-41-43-32(44)25-4-3-20(15-39)9-26(25)23-13-30(40-7-2-6-38)42-31(14-23)46-18-28-27(33(46)47)10-21(11-29(28)34(35,36)37)16-45-8-5-22-12-24(22)17-45/h3-4,9-11,13-14,19,22,24H,2,5,7-8,12,16-18H2,1H3,(H,40,42). The van der Waals surface area contributed by atoms with Crippen LogP contribution in [0.4, 0.5) is 24.8 Å². The van der Waals surface area contributed by atoms with Gasteiger partial charge in [0, 0.05) is 37.8 Å². The van der Waals surface area contributed by atoms with Gasteiger partial charge in [-0.2, -0.15) is 23.7 Å². The number of anilines is 2. The van der Waals surface area contributed by atoms with Gasteiger partial charge >= 0.3 is 6.18 Å². The van der Waals surface area contributed by atoms with Crippen LogP contribution in [0.25, 0.3) is 22.5 Å². The molecule has 7 rings (SSSR count). The molecule has 2 aromatic carbocycles. The number of rotatable bonds is 8. The zero-order chi connectivity index (χ0) is 32.9. The first kappa shape index (κ1) is 30.4. The van der Waals surface area contributed by atoms with E-state index in [9.17, 15) is 23.2 Å². The number of pyridine rings is 1. The Hall–Kier alpha value is -5.27. The van der Waals surface area contributed by atoms with Crippen molar-refractivity contribution in [2.45, 2.75) is 38.5 Å². The highest BCUT2D eigenvalue weighted by atomic mass is 19.4. The molecule has 1 amide bonds. The topological polar surface area (TPSA) is 127 Å². The van der Waals surface area contributed by atoms with Gasteiger partial charge in [-0.1, -0.05) is 0 Å². The van der Waals surface area contributed by atoms with Crippen molar-refractivity contribution in [1.29, 1.82) is 10.5 Å². The van der Waals surface area contributed by atoms with Crippen LogP contribution in [0.2, 0.25) is 0 Å². The van der Waals surface area contributed by atoms with Gasteiger partial charge in [0.2, 0.25) is 0 Å². The Morgan fingerprint density at radius 3 is 2.64 bits per heavy atom. The molecule has 2 fully saturated rings. The number of likely N-dealkylation sites (tertiary alicyclic amines) is 1. The van der Waals surface area contributed by atoms with E-state index in [1.807, 2.05) is 0 Å². The smallest absolute Gasteiger partial charge is 0.369 e. The molecule has 1 N–H and O–H groups in total. The van der Waals surface area contributed by atoms with Crippen molar-refractivity contribution in [3.63, 3.8) is 0 Å². The molecule has 10 nitrogen and oxygen atoms in total. The molecule has 2 aliphatic heterocycles. The van der Waals surface area contributed by atoms with E-state index < -0.39 is 17.6 Å². The zero-order valence-corrected chi connectivity index (χ0v) is 25.6. The number of carbonyl (C=O) groups is 1. The number of carbonyl (C=O) groups excluding carboxylic acids is 1. The monoisotopic (exact) mass is 637 g/mol. The van der Waals surface area contributed by atoms with Gasteiger partial charge in [0.05, 0.1) is 36.2 Å². The number of amides is 1. The van der Waals surface area contributed by atoms with E-state index in [2.05, 4.69) is 37.5 Å². The summed E-state index contributed by atoms with van der Waals surface area (Å²) in [5.41, 5.74) is 1.77. The van der Waals surface area contributed by atoms with E-state index in [-0.39, 0.29) is 36.5 Å². The number of halogens is 3. The number of hydrogen-bond donors (Lipinski definition) is 1. The van der Waals surface area contributed by atoms with E-state index in [4.69, 9.17) is 5.26 Å². The zero-order valence-electron chi connectivity index (χ0n) is 25.6. The maximum atomic E-state index is 14.5. The number of piperidine rings is 1. The maximum Gasteiger partial charge on any atom is 0.416 e. The van der Waals surface area contributed by atoms with Gasteiger partial charge in [-0.3, -0.25) is 14.6 Å². The quantitative estimate of drug-likeness (QED) is 0.242. The highest BCUT2D eigenvalue weighted by Gasteiger charge is 2.43. The van der Waals surface area contributed by atoms with Crippen molar-refractivity contribution < 1.29 is 18.0 Å². The first-order valence-electron chi connectivity index (χ1n) is 15.4. The molecule has 3 aliphatic rings. The molecule has 238 valence electrons. The summed E-state index contributed by atoms with van der Waals surface area (Å²) < 4.78 is 45.2. The summed E-state index contributed by atoms with van der Waals surface area (Å²) >= 11 is 0. The molecule has 1 saturated heterocycles. The third-order valence-electron chi connectivity index (χ3n) is 9.23. The lowest BCUT2D eigenvalue weighted by atomic mass is 9.97. The molecule has 0 spiro atoms. The van der Waals surface area contributed by atoms with Crippen LogP contribution in [-0.4, -0.2) is 50.2 Å². The fourth-order valence-corrected chi connectivity index (χ4v) is 6.78. The molecule has 4 heterocycles. The second kappa shape index (κ2) is 11.8. The Bertz CT molecular complexity index is 1970. The van der Waals surface area contributed by atoms with Crippen LogP contribution in [0.5, 0.6) is 0 Å². The fourth-order valence-electron chi connectivity index (χ4n) is 6.78. The van der Waals surface area contributed by atoms with Gasteiger partial charge in [0.1, 0.15) is 18.0 Å². The van der Waals surface area contributed by atoms with Crippen molar-refractivity contribution in [3.8, 4) is 34.7 Å². The summed E-state index contributed by atoms with van der Waals surface area (Å²) in [6.07, 6.45) is -0.689. The SMILES string of the molecule is Cn1cnnc1-c1ccc(C#N)cc1-c1cc(NCCC#N)nc(N2Cc3c(cc(CN4CCC5CC5C4)cc3C(F)(F)F)C2=O)c1. The molecule has 1 aliphatic carbocycles. The molecule has 0 bridgehead atoms. The van der Waals surface area contributed by atoms with E-state index >= 15 is 0 Å². The van der Waals surface area contributed by atoms with E-state index in [1.165, 1.54) is 17.4 Å². The summed E-state index contributed by atoms with van der Waals surface area (Å²) in [5.74, 6) is 1.78. The lowest BCUT2D eigenvalue weighted by Gasteiger charge is -2.26. The van der Waals surface area contributed by atoms with Crippen molar-refractivity contribution in [2.24, 2.45) is 18.9 Å². The number of hydrogen-bond acceptors (Lipinski definition) is 8. The van der Waals surface area contributed by atoms with E-state index in [0.717, 1.165) is 25.4 Å². The van der Waals surface area contributed by atoms with Gasteiger partial charge in [-0.25, -0.2) is 4.98 Å². The number of fused-ring (bicyclic) bond motifs is 2. The second-order valence-corrected chi connectivity index (χ2v) is 12.4. The Balaban J connectivity index is 1.30. The number of aromatic nitrogens is 4. The third kappa shape index (κ3) is 5.90. The number of nitrogens with zero attached hydrogens (tertiary/aromatic N) is 8. The lowest BCUT2D eigenvalue weighted by molar-refractivity contribution is -0.138. The summed E-state index contributed by atoms with van der Waals surface area (Å²) in [4.78, 5) is 22.0. The third-order valence-corrected chi connectivity index (χ3v) is 9.23. The highest BCUT2D eigenvalue weighted by molar-refractivity contribution is 6.10. The molecular weight excluding hydrogens is 607 g/mol. The molecule has 0 radical (unpaired) electrons. The summed E-state index contributed by atoms with van der Waals surface area (Å²) in [6.45, 7) is 2.01. The van der Waals surface area contributed by atoms with Crippen LogP contribution in [0.15, 0.2) is 48.8 Å². The Morgan fingerprint density at radius 2 is 1.91 bits per heavy atom. The molecule has 1 saturated carbocycles. The molecule has 2 aromatic heterocycles. The van der Waals surface area contributed by atoms with Crippen LogP contribution in [-0.2, 0) is 26.3 Å². The summed E-state index contributed by atoms with van der Waals surface area (Å²) in [5, 5.41) is 30.1. The lowest BCUT2D eigenvalue weighted by Crippen LogP contribution is -2.31. The van der Waals surface area contributed by atoms with E-state index in [1.54, 1.807) is 54.3 Å². The highest BCUT2D eigenvalue weighted by Crippen LogP contribution is 2.46. The molecule has 4 aromatic rings. The van der Waals surface area contributed by atoms with Crippen molar-refractivity contribution >= 4 is 17.5 Å². The fraction of sp³-hybridized carbons (Fsp3) is 0.353. The Labute approximate surface area is 269 Å². The summed E-state index contributed by atoms with van der Waals surface area (Å²) in [6, 6.07) is 15.4. The van der Waals surface area contributed by atoms with Crippen LogP contribution in [0.3, 0.4) is 0 Å². The number of aryl methyl sites for hydroxylation is 1. The van der Waals surface area contributed by atoms with E-state index in [0.29, 0.717) is 51.9 Å². The average Bonchev–Trinajstić information content (AvgIpc) is 3.58. The number of alkyl halides is 3. The molecule has 13 heteroatoms. The minimum absolute atomic E-state index is 0.0218. The number of nitrogens with one attached hydrogen (secondary N) is 1. The van der Waals surface area contributed by atoms with Crippen LogP contribution < -0.4 is 10.2 Å². The van der Waals surface area contributed by atoms with Gasteiger partial charge < -0.3 is 9.88 Å². The minimum atomic E-state index is -4.65. The number of benzene rings is 2. The molecule has 47 heavy (non-hydrogen) atoms. The first-order chi connectivity index (χ1) is 22.6. The minimum Gasteiger partial charge on any atom is -0.369 e. The van der Waals surface area contributed by atoms with Crippen molar-refractivity contribution in [2.75, 3.05) is 29.9 Å². The predicted molar refractivity (Wildman–Crippen MR) is 167 cm³/mol. The van der Waals surface area contributed by atoms with Crippen LogP contribution in [0.1, 0.15) is 51.9 Å². The Kier molecular flexibility index (Phi) is 7.65. The second-order valence-electron chi connectivity index (χ2n) is 12.4. The predicted octanol–water partition coefficient (Wildman–Crippen LogP) is 5.76. The van der Waals surface area contributed by atoms with Crippen LogP contribution >= 0.6 is 0 Å². The van der Waals surface area contributed by atoms with Crippen molar-refractivity contribution in [1.82, 2.24) is 24.6 Å².